The predicted molar refractivity (Wildman–Crippen MR) is 114 cm³/mol. The van der Waals surface area contributed by atoms with E-state index in [1.54, 1.807) is 10.6 Å². The topological polar surface area (TPSA) is 59.3 Å². The average Bonchev–Trinajstić information content (AvgIpc) is 3.13. The maximum absolute atomic E-state index is 12.2. The van der Waals surface area contributed by atoms with Crippen LogP contribution in [0.4, 0.5) is 5.69 Å². The summed E-state index contributed by atoms with van der Waals surface area (Å²) in [4.78, 5) is 16.8. The average molecular weight is 409 g/mol. The number of anilines is 1. The summed E-state index contributed by atoms with van der Waals surface area (Å²) < 4.78 is 1.74. The standard InChI is InChI=1S/C21H17ClN4OS/c1-14-7-8-16(11-17(14)22)23-20(27)13-28-21-10-9-19-24-18(12-26(19)25-21)15-5-3-2-4-6-15/h2-12H,13H2,1H3,(H,23,27). The van der Waals surface area contributed by atoms with Crippen molar-refractivity contribution in [1.82, 2.24) is 14.6 Å². The lowest BCUT2D eigenvalue weighted by atomic mass is 10.2. The van der Waals surface area contributed by atoms with Gasteiger partial charge in [-0.2, -0.15) is 5.10 Å². The zero-order chi connectivity index (χ0) is 19.5. The van der Waals surface area contributed by atoms with Gasteiger partial charge in [-0.3, -0.25) is 4.79 Å². The number of hydrogen-bond donors (Lipinski definition) is 1. The first kappa shape index (κ1) is 18.5. The highest BCUT2D eigenvalue weighted by atomic mass is 35.5. The van der Waals surface area contributed by atoms with Gasteiger partial charge in [0.2, 0.25) is 5.91 Å². The van der Waals surface area contributed by atoms with Crippen molar-refractivity contribution in [2.24, 2.45) is 0 Å². The van der Waals surface area contributed by atoms with Crippen LogP contribution in [0.3, 0.4) is 0 Å². The Balaban J connectivity index is 1.43. The molecule has 4 aromatic rings. The third kappa shape index (κ3) is 4.18. The number of thioether (sulfide) groups is 1. The number of nitrogens with one attached hydrogen (secondary N) is 1. The molecule has 0 aliphatic rings. The van der Waals surface area contributed by atoms with Crippen LogP contribution in [0.25, 0.3) is 16.9 Å². The number of halogens is 1. The van der Waals surface area contributed by atoms with Crippen molar-refractivity contribution in [2.45, 2.75) is 11.9 Å². The van der Waals surface area contributed by atoms with Crippen molar-refractivity contribution < 1.29 is 4.79 Å². The maximum Gasteiger partial charge on any atom is 0.234 e. The van der Waals surface area contributed by atoms with E-state index in [2.05, 4.69) is 15.4 Å². The van der Waals surface area contributed by atoms with Crippen molar-refractivity contribution in [3.8, 4) is 11.3 Å². The van der Waals surface area contributed by atoms with E-state index >= 15 is 0 Å². The van der Waals surface area contributed by atoms with Crippen LogP contribution in [-0.4, -0.2) is 26.3 Å². The van der Waals surface area contributed by atoms with E-state index in [0.717, 1.165) is 27.5 Å². The fourth-order valence-electron chi connectivity index (χ4n) is 2.70. The molecular weight excluding hydrogens is 392 g/mol. The first-order chi connectivity index (χ1) is 13.6. The summed E-state index contributed by atoms with van der Waals surface area (Å²) in [5, 5.41) is 8.78. The van der Waals surface area contributed by atoms with Gasteiger partial charge in [-0.15, -0.1) is 0 Å². The van der Waals surface area contributed by atoms with Crippen LogP contribution in [0.1, 0.15) is 5.56 Å². The van der Waals surface area contributed by atoms with Crippen LogP contribution in [0.15, 0.2) is 71.9 Å². The van der Waals surface area contributed by atoms with Crippen molar-refractivity contribution in [3.63, 3.8) is 0 Å². The second kappa shape index (κ2) is 8.04. The summed E-state index contributed by atoms with van der Waals surface area (Å²) in [6.45, 7) is 1.92. The first-order valence-electron chi connectivity index (χ1n) is 8.69. The number of imidazole rings is 1. The third-order valence-electron chi connectivity index (χ3n) is 4.17. The molecule has 28 heavy (non-hydrogen) atoms. The molecule has 7 heteroatoms. The number of benzene rings is 2. The third-order valence-corrected chi connectivity index (χ3v) is 5.50. The van der Waals surface area contributed by atoms with E-state index in [9.17, 15) is 4.79 Å². The number of hydrogen-bond acceptors (Lipinski definition) is 4. The van der Waals surface area contributed by atoms with Gasteiger partial charge in [0.05, 0.1) is 17.6 Å². The Morgan fingerprint density at radius 2 is 1.96 bits per heavy atom. The largest absolute Gasteiger partial charge is 0.325 e. The fraction of sp³-hybridized carbons (Fsp3) is 0.0952. The number of rotatable bonds is 5. The molecule has 5 nitrogen and oxygen atoms in total. The zero-order valence-corrected chi connectivity index (χ0v) is 16.7. The Labute approximate surface area is 171 Å². The molecule has 2 heterocycles. The molecule has 2 aromatic heterocycles. The molecule has 1 amide bonds. The summed E-state index contributed by atoms with van der Waals surface area (Å²) >= 11 is 7.47. The van der Waals surface area contributed by atoms with Crippen LogP contribution in [0.5, 0.6) is 0 Å². The predicted octanol–water partition coefficient (Wildman–Crippen LogP) is 5.09. The van der Waals surface area contributed by atoms with E-state index in [4.69, 9.17) is 11.6 Å². The summed E-state index contributed by atoms with van der Waals surface area (Å²) in [6.07, 6.45) is 1.89. The number of aryl methyl sites for hydroxylation is 1. The highest BCUT2D eigenvalue weighted by Crippen LogP contribution is 2.22. The Morgan fingerprint density at radius 1 is 1.14 bits per heavy atom. The number of fused-ring (bicyclic) bond motifs is 1. The molecule has 0 radical (unpaired) electrons. The molecule has 0 atom stereocenters. The molecule has 4 rings (SSSR count). The number of nitrogens with zero attached hydrogens (tertiary/aromatic N) is 3. The van der Waals surface area contributed by atoms with Gasteiger partial charge < -0.3 is 5.32 Å². The van der Waals surface area contributed by atoms with E-state index in [-0.39, 0.29) is 11.7 Å². The van der Waals surface area contributed by atoms with Crippen LogP contribution in [0.2, 0.25) is 5.02 Å². The second-order valence-corrected chi connectivity index (χ2v) is 7.67. The molecule has 0 unspecified atom stereocenters. The Morgan fingerprint density at radius 3 is 2.75 bits per heavy atom. The lowest BCUT2D eigenvalue weighted by molar-refractivity contribution is -0.113. The van der Waals surface area contributed by atoms with Gasteiger partial charge in [-0.05, 0) is 36.8 Å². The second-order valence-electron chi connectivity index (χ2n) is 6.27. The molecule has 0 bridgehead atoms. The molecule has 1 N–H and O–H groups in total. The summed E-state index contributed by atoms with van der Waals surface area (Å²) in [5.74, 6) is 0.145. The van der Waals surface area contributed by atoms with Crippen molar-refractivity contribution in [1.29, 1.82) is 0 Å². The van der Waals surface area contributed by atoms with Gasteiger partial charge in [0.1, 0.15) is 5.03 Å². The highest BCUT2D eigenvalue weighted by Gasteiger charge is 2.09. The minimum atomic E-state index is -0.109. The molecule has 0 saturated carbocycles. The van der Waals surface area contributed by atoms with Crippen molar-refractivity contribution in [2.75, 3.05) is 11.1 Å². The van der Waals surface area contributed by atoms with E-state index in [1.165, 1.54) is 11.8 Å². The summed E-state index contributed by atoms with van der Waals surface area (Å²) in [7, 11) is 0. The minimum absolute atomic E-state index is 0.109. The van der Waals surface area contributed by atoms with Crippen LogP contribution < -0.4 is 5.32 Å². The lowest BCUT2D eigenvalue weighted by Crippen LogP contribution is -2.14. The number of carbonyl (C=O) groups is 1. The van der Waals surface area contributed by atoms with Crippen LogP contribution >= 0.6 is 23.4 Å². The fourth-order valence-corrected chi connectivity index (χ4v) is 3.54. The van der Waals surface area contributed by atoms with E-state index in [1.807, 2.05) is 67.7 Å². The molecule has 0 aliphatic heterocycles. The molecule has 0 spiro atoms. The molecule has 2 aromatic carbocycles. The molecule has 0 fully saturated rings. The quantitative estimate of drug-likeness (QED) is 0.467. The lowest BCUT2D eigenvalue weighted by Gasteiger charge is -2.06. The molecular formula is C21H17ClN4OS. The van der Waals surface area contributed by atoms with Crippen LogP contribution in [-0.2, 0) is 4.79 Å². The SMILES string of the molecule is Cc1ccc(NC(=O)CSc2ccc3nc(-c4ccccc4)cn3n2)cc1Cl. The zero-order valence-electron chi connectivity index (χ0n) is 15.1. The highest BCUT2D eigenvalue weighted by molar-refractivity contribution is 7.99. The van der Waals surface area contributed by atoms with E-state index < -0.39 is 0 Å². The first-order valence-corrected chi connectivity index (χ1v) is 10.1. The smallest absolute Gasteiger partial charge is 0.234 e. The van der Waals surface area contributed by atoms with Crippen LogP contribution in [0, 0.1) is 6.92 Å². The van der Waals surface area contributed by atoms with E-state index in [0.29, 0.717) is 10.7 Å². The Hall–Kier alpha value is -2.83. The monoisotopic (exact) mass is 408 g/mol. The number of carbonyl (C=O) groups excluding carboxylic acids is 1. The van der Waals surface area contributed by atoms with Gasteiger partial charge in [0.25, 0.3) is 0 Å². The van der Waals surface area contributed by atoms with Crippen molar-refractivity contribution >= 4 is 40.6 Å². The van der Waals surface area contributed by atoms with Crippen molar-refractivity contribution in [3.05, 3.63) is 77.4 Å². The Bertz CT molecular complexity index is 1140. The van der Waals surface area contributed by atoms with Gasteiger partial charge in [0, 0.05) is 16.3 Å². The normalized spacial score (nSPS) is 10.9. The molecule has 140 valence electrons. The molecule has 0 saturated heterocycles. The number of amides is 1. The Kier molecular flexibility index (Phi) is 5.32. The summed E-state index contributed by atoms with van der Waals surface area (Å²) in [6, 6.07) is 19.2. The summed E-state index contributed by atoms with van der Waals surface area (Å²) in [5.41, 5.74) is 4.33. The van der Waals surface area contributed by atoms with Gasteiger partial charge >= 0.3 is 0 Å². The van der Waals surface area contributed by atoms with Gasteiger partial charge in [0.15, 0.2) is 5.65 Å². The molecule has 0 aliphatic carbocycles. The van der Waals surface area contributed by atoms with Gasteiger partial charge in [-0.1, -0.05) is 59.8 Å². The maximum atomic E-state index is 12.2. The van der Waals surface area contributed by atoms with Gasteiger partial charge in [-0.25, -0.2) is 9.50 Å². The number of aromatic nitrogens is 3. The minimum Gasteiger partial charge on any atom is -0.325 e.